The van der Waals surface area contributed by atoms with Crippen LogP contribution in [0, 0.1) is 26.7 Å². The van der Waals surface area contributed by atoms with Crippen molar-refractivity contribution in [1.29, 1.82) is 0 Å². The minimum absolute atomic E-state index is 0.0293. The molecule has 1 aliphatic rings. The summed E-state index contributed by atoms with van der Waals surface area (Å²) >= 11 is 1.73. The molecule has 0 fully saturated rings. The molecule has 7 heteroatoms. The highest BCUT2D eigenvalue weighted by molar-refractivity contribution is 7.10. The number of hydrogen-bond donors (Lipinski definition) is 1. The van der Waals surface area contributed by atoms with E-state index < -0.39 is 0 Å². The van der Waals surface area contributed by atoms with Gasteiger partial charge >= 0.3 is 6.03 Å². The Morgan fingerprint density at radius 2 is 1.84 bits per heavy atom. The number of benzene rings is 2. The van der Waals surface area contributed by atoms with E-state index in [2.05, 4.69) is 43.6 Å². The summed E-state index contributed by atoms with van der Waals surface area (Å²) < 4.78 is 6.28. The van der Waals surface area contributed by atoms with Gasteiger partial charge in [-0.2, -0.15) is 0 Å². The number of nitrogens with zero attached hydrogens (tertiary/aromatic N) is 2. The molecule has 2 aromatic carbocycles. The van der Waals surface area contributed by atoms with Crippen LogP contribution in [0.4, 0.5) is 10.5 Å². The number of carbonyl (C=O) groups is 2. The maximum Gasteiger partial charge on any atom is 0.322 e. The maximum atomic E-state index is 13.8. The van der Waals surface area contributed by atoms with Gasteiger partial charge in [-0.25, -0.2) is 4.79 Å². The van der Waals surface area contributed by atoms with E-state index in [9.17, 15) is 9.59 Å². The van der Waals surface area contributed by atoms with Gasteiger partial charge in [-0.05, 0) is 73.9 Å². The first-order valence-corrected chi connectivity index (χ1v) is 14.3. The SMILES string of the molecule is CC[C@H](C)CN(CC(=O)N1CCc2sccc2[C@H]1COc1ccc(C)cc1C)C(=O)Nc1ccc(C)cc1. The molecule has 3 amide bonds. The van der Waals surface area contributed by atoms with Crippen molar-refractivity contribution < 1.29 is 14.3 Å². The molecule has 0 radical (unpaired) electrons. The van der Waals surface area contributed by atoms with Gasteiger partial charge in [0.05, 0.1) is 6.04 Å². The van der Waals surface area contributed by atoms with E-state index in [0.717, 1.165) is 41.0 Å². The van der Waals surface area contributed by atoms with Gasteiger partial charge in [-0.3, -0.25) is 4.79 Å². The third-order valence-electron chi connectivity index (χ3n) is 7.29. The summed E-state index contributed by atoms with van der Waals surface area (Å²) in [6.07, 6.45) is 1.75. The molecule has 1 aromatic heterocycles. The molecule has 0 aliphatic carbocycles. The first kappa shape index (κ1) is 27.7. The Labute approximate surface area is 230 Å². The molecule has 4 rings (SSSR count). The number of anilines is 1. The van der Waals surface area contributed by atoms with Crippen LogP contribution in [0.1, 0.15) is 53.4 Å². The van der Waals surface area contributed by atoms with Gasteiger partial charge in [0.25, 0.3) is 0 Å². The molecule has 2 heterocycles. The van der Waals surface area contributed by atoms with E-state index in [4.69, 9.17) is 4.74 Å². The number of hydrogen-bond acceptors (Lipinski definition) is 4. The molecule has 2 atom stereocenters. The number of amides is 3. The fourth-order valence-electron chi connectivity index (χ4n) is 4.82. The Hall–Kier alpha value is -3.32. The highest BCUT2D eigenvalue weighted by atomic mass is 32.1. The molecule has 0 spiro atoms. The van der Waals surface area contributed by atoms with E-state index >= 15 is 0 Å². The largest absolute Gasteiger partial charge is 0.491 e. The number of fused-ring (bicyclic) bond motifs is 1. The predicted molar refractivity (Wildman–Crippen MR) is 155 cm³/mol. The average Bonchev–Trinajstić information content (AvgIpc) is 3.38. The third kappa shape index (κ3) is 6.76. The quantitative estimate of drug-likeness (QED) is 0.331. The van der Waals surface area contributed by atoms with Crippen LogP contribution in [0.2, 0.25) is 0 Å². The molecule has 0 saturated heterocycles. The summed E-state index contributed by atoms with van der Waals surface area (Å²) in [7, 11) is 0. The number of rotatable bonds is 9. The van der Waals surface area contributed by atoms with E-state index in [1.807, 2.05) is 55.1 Å². The van der Waals surface area contributed by atoms with Crippen molar-refractivity contribution in [2.24, 2.45) is 5.92 Å². The van der Waals surface area contributed by atoms with E-state index in [1.165, 1.54) is 10.4 Å². The predicted octanol–water partition coefficient (Wildman–Crippen LogP) is 6.76. The standard InChI is InChI=1S/C31H39N3O3S/c1-6-21(2)18-33(31(36)32-25-10-7-22(3)8-11-25)19-30(35)34-15-13-29-26(14-16-38-29)27(34)20-37-28-12-9-23(4)17-24(28)5/h7-12,14,16-17,21,27H,6,13,15,18-20H2,1-5H3,(H,32,36)/t21-,27+/m0/s1. The van der Waals surface area contributed by atoms with E-state index in [0.29, 0.717) is 19.7 Å². The van der Waals surface area contributed by atoms with Crippen molar-refractivity contribution in [2.45, 2.75) is 53.5 Å². The first-order valence-electron chi connectivity index (χ1n) is 13.4. The summed E-state index contributed by atoms with van der Waals surface area (Å²) in [5.41, 5.74) is 5.27. The highest BCUT2D eigenvalue weighted by Crippen LogP contribution is 2.34. The summed E-state index contributed by atoms with van der Waals surface area (Å²) in [6, 6.07) is 15.5. The van der Waals surface area contributed by atoms with Crippen molar-refractivity contribution in [3.63, 3.8) is 0 Å². The molecule has 3 aromatic rings. The van der Waals surface area contributed by atoms with Crippen LogP contribution < -0.4 is 10.1 Å². The summed E-state index contributed by atoms with van der Waals surface area (Å²) in [4.78, 5) is 32.0. The van der Waals surface area contributed by atoms with Gasteiger partial charge in [-0.1, -0.05) is 55.7 Å². The van der Waals surface area contributed by atoms with Crippen molar-refractivity contribution in [3.8, 4) is 5.75 Å². The van der Waals surface area contributed by atoms with Crippen LogP contribution in [-0.2, 0) is 11.2 Å². The minimum atomic E-state index is -0.251. The first-order chi connectivity index (χ1) is 18.2. The van der Waals surface area contributed by atoms with Crippen molar-refractivity contribution in [3.05, 3.63) is 81.0 Å². The molecular formula is C31H39N3O3S. The average molecular weight is 534 g/mol. The lowest BCUT2D eigenvalue weighted by Crippen LogP contribution is -2.49. The lowest BCUT2D eigenvalue weighted by Gasteiger charge is -2.37. The Morgan fingerprint density at radius 3 is 2.55 bits per heavy atom. The Morgan fingerprint density at radius 1 is 1.11 bits per heavy atom. The van der Waals surface area contributed by atoms with Gasteiger partial charge in [0.2, 0.25) is 5.91 Å². The van der Waals surface area contributed by atoms with Gasteiger partial charge in [0.1, 0.15) is 18.9 Å². The lowest BCUT2D eigenvalue weighted by molar-refractivity contribution is -0.135. The van der Waals surface area contributed by atoms with E-state index in [-0.39, 0.29) is 30.4 Å². The lowest BCUT2D eigenvalue weighted by atomic mass is 10.00. The normalized spacial score (nSPS) is 15.5. The zero-order chi connectivity index (χ0) is 27.2. The van der Waals surface area contributed by atoms with Crippen molar-refractivity contribution in [2.75, 3.05) is 31.6 Å². The summed E-state index contributed by atoms with van der Waals surface area (Å²) in [5.74, 6) is 1.06. The molecule has 0 bridgehead atoms. The number of thiophene rings is 1. The van der Waals surface area contributed by atoms with Crippen molar-refractivity contribution >= 4 is 29.0 Å². The minimum Gasteiger partial charge on any atom is -0.491 e. The van der Waals surface area contributed by atoms with Crippen LogP contribution in [0.5, 0.6) is 5.75 Å². The molecule has 0 saturated carbocycles. The van der Waals surface area contributed by atoms with Gasteiger partial charge in [0.15, 0.2) is 0 Å². The summed E-state index contributed by atoms with van der Waals surface area (Å²) in [5, 5.41) is 5.07. The fourth-order valence-corrected chi connectivity index (χ4v) is 5.75. The summed E-state index contributed by atoms with van der Waals surface area (Å²) in [6.45, 7) is 11.9. The molecule has 1 N–H and O–H groups in total. The Bertz CT molecular complexity index is 1250. The Balaban J connectivity index is 1.51. The smallest absolute Gasteiger partial charge is 0.322 e. The fraction of sp³-hybridized carbons (Fsp3) is 0.419. The number of aryl methyl sites for hydroxylation is 3. The molecule has 1 aliphatic heterocycles. The van der Waals surface area contributed by atoms with Crippen LogP contribution >= 0.6 is 11.3 Å². The second-order valence-electron chi connectivity index (χ2n) is 10.4. The second-order valence-corrected chi connectivity index (χ2v) is 11.4. The second kappa shape index (κ2) is 12.5. The number of carbonyl (C=O) groups excluding carboxylic acids is 2. The molecule has 38 heavy (non-hydrogen) atoms. The van der Waals surface area contributed by atoms with Crippen LogP contribution in [0.15, 0.2) is 53.9 Å². The molecule has 6 nitrogen and oxygen atoms in total. The topological polar surface area (TPSA) is 61.9 Å². The third-order valence-corrected chi connectivity index (χ3v) is 8.28. The molecule has 202 valence electrons. The number of ether oxygens (including phenoxy) is 1. The van der Waals surface area contributed by atoms with Gasteiger partial charge < -0.3 is 19.9 Å². The monoisotopic (exact) mass is 533 g/mol. The number of urea groups is 1. The molecular weight excluding hydrogens is 494 g/mol. The van der Waals surface area contributed by atoms with Gasteiger partial charge in [0, 0.05) is 23.7 Å². The Kier molecular flexibility index (Phi) is 9.10. The van der Waals surface area contributed by atoms with Gasteiger partial charge in [-0.15, -0.1) is 11.3 Å². The van der Waals surface area contributed by atoms with Crippen LogP contribution in [0.3, 0.4) is 0 Å². The molecule has 0 unspecified atom stereocenters. The van der Waals surface area contributed by atoms with Crippen LogP contribution in [0.25, 0.3) is 0 Å². The number of nitrogens with one attached hydrogen (secondary N) is 1. The van der Waals surface area contributed by atoms with Crippen LogP contribution in [-0.4, -0.2) is 48.0 Å². The van der Waals surface area contributed by atoms with E-state index in [1.54, 1.807) is 16.2 Å². The highest BCUT2D eigenvalue weighted by Gasteiger charge is 2.34. The zero-order valence-electron chi connectivity index (χ0n) is 23.1. The zero-order valence-corrected chi connectivity index (χ0v) is 23.9. The maximum absolute atomic E-state index is 13.8. The van der Waals surface area contributed by atoms with Crippen molar-refractivity contribution in [1.82, 2.24) is 9.80 Å².